The van der Waals surface area contributed by atoms with Crippen LogP contribution in [0.2, 0.25) is 0 Å². The molecule has 126 valence electrons. The van der Waals surface area contributed by atoms with E-state index in [4.69, 9.17) is 0 Å². The summed E-state index contributed by atoms with van der Waals surface area (Å²) in [7, 11) is -3.49. The molecule has 0 atom stereocenters. The van der Waals surface area contributed by atoms with Gasteiger partial charge in [-0.25, -0.2) is 8.42 Å². The van der Waals surface area contributed by atoms with Gasteiger partial charge in [0.05, 0.1) is 10.6 Å². The van der Waals surface area contributed by atoms with Crippen molar-refractivity contribution in [3.05, 3.63) is 29.8 Å². The van der Waals surface area contributed by atoms with E-state index >= 15 is 0 Å². The lowest BCUT2D eigenvalue weighted by Gasteiger charge is -2.15. The average molecular weight is 357 g/mol. The molecule has 1 heterocycles. The molecule has 1 aromatic carbocycles. The van der Waals surface area contributed by atoms with E-state index in [1.54, 1.807) is 6.26 Å². The molecule has 2 N–H and O–H groups in total. The first-order chi connectivity index (χ1) is 10.9. The second-order valence-electron chi connectivity index (χ2n) is 5.07. The average Bonchev–Trinajstić information content (AvgIpc) is 3.08. The van der Waals surface area contributed by atoms with Crippen molar-refractivity contribution in [2.24, 2.45) is 0 Å². The molecule has 0 aromatic heterocycles. The lowest BCUT2D eigenvalue weighted by atomic mass is 10.2. The standard InChI is InChI=1S/C14H19N3O4S2/c1-22-10-13(18)15-16-14(19)11-4-6-12(7-5-11)23(20,21)17-8-2-3-9-17/h4-7H,2-3,8-10H2,1H3,(H,15,18)(H,16,19). The maximum absolute atomic E-state index is 12.4. The van der Waals surface area contributed by atoms with E-state index in [0.29, 0.717) is 13.1 Å². The Labute approximate surface area is 139 Å². The third-order valence-corrected chi connectivity index (χ3v) is 5.87. The van der Waals surface area contributed by atoms with Gasteiger partial charge in [-0.2, -0.15) is 16.1 Å². The molecular formula is C14H19N3O4S2. The van der Waals surface area contributed by atoms with Crippen LogP contribution in [-0.4, -0.2) is 49.6 Å². The maximum Gasteiger partial charge on any atom is 0.269 e. The number of carbonyl (C=O) groups excluding carboxylic acids is 2. The van der Waals surface area contributed by atoms with Crippen molar-refractivity contribution in [3.8, 4) is 0 Å². The molecule has 1 aliphatic heterocycles. The lowest BCUT2D eigenvalue weighted by Crippen LogP contribution is -2.42. The predicted molar refractivity (Wildman–Crippen MR) is 88.4 cm³/mol. The number of nitrogens with zero attached hydrogens (tertiary/aromatic N) is 1. The summed E-state index contributed by atoms with van der Waals surface area (Å²) in [5.74, 6) is -0.559. The fourth-order valence-electron chi connectivity index (χ4n) is 2.22. The van der Waals surface area contributed by atoms with Gasteiger partial charge in [-0.3, -0.25) is 20.4 Å². The Morgan fingerprint density at radius 3 is 2.30 bits per heavy atom. The molecule has 1 aliphatic rings. The van der Waals surface area contributed by atoms with E-state index in [0.717, 1.165) is 12.8 Å². The number of hydrazine groups is 1. The van der Waals surface area contributed by atoms with Crippen LogP contribution in [0.3, 0.4) is 0 Å². The van der Waals surface area contributed by atoms with Gasteiger partial charge >= 0.3 is 0 Å². The summed E-state index contributed by atoms with van der Waals surface area (Å²) >= 11 is 1.34. The molecule has 2 amide bonds. The predicted octanol–water partition coefficient (Wildman–Crippen LogP) is 0.595. The highest BCUT2D eigenvalue weighted by atomic mass is 32.2. The number of sulfonamides is 1. The van der Waals surface area contributed by atoms with Gasteiger partial charge in [0.15, 0.2) is 0 Å². The van der Waals surface area contributed by atoms with Crippen molar-refractivity contribution in [2.75, 3.05) is 25.1 Å². The van der Waals surface area contributed by atoms with E-state index in [-0.39, 0.29) is 22.1 Å². The van der Waals surface area contributed by atoms with Crippen molar-refractivity contribution in [3.63, 3.8) is 0 Å². The summed E-state index contributed by atoms with van der Waals surface area (Å²) in [5, 5.41) is 0. The summed E-state index contributed by atoms with van der Waals surface area (Å²) in [5.41, 5.74) is 4.84. The van der Waals surface area contributed by atoms with Crippen LogP contribution in [0, 0.1) is 0 Å². The number of amides is 2. The monoisotopic (exact) mass is 357 g/mol. The molecule has 9 heteroatoms. The molecule has 23 heavy (non-hydrogen) atoms. The van der Waals surface area contributed by atoms with E-state index in [1.807, 2.05) is 0 Å². The van der Waals surface area contributed by atoms with Crippen molar-refractivity contribution in [2.45, 2.75) is 17.7 Å². The molecular weight excluding hydrogens is 338 g/mol. The molecule has 0 unspecified atom stereocenters. The Kier molecular flexibility index (Phi) is 6.03. The van der Waals surface area contributed by atoms with Crippen molar-refractivity contribution < 1.29 is 18.0 Å². The van der Waals surface area contributed by atoms with Gasteiger partial charge in [0.1, 0.15) is 0 Å². The molecule has 2 rings (SSSR count). The van der Waals surface area contributed by atoms with E-state index in [2.05, 4.69) is 10.9 Å². The summed E-state index contributed by atoms with van der Waals surface area (Å²) in [6.45, 7) is 1.07. The van der Waals surface area contributed by atoms with Gasteiger partial charge in [0.25, 0.3) is 5.91 Å². The molecule has 1 aromatic rings. The quantitative estimate of drug-likeness (QED) is 0.752. The third kappa shape index (κ3) is 4.46. The fraction of sp³-hybridized carbons (Fsp3) is 0.429. The Balaban J connectivity index is 2.01. The van der Waals surface area contributed by atoms with Gasteiger partial charge in [-0.05, 0) is 43.4 Å². The van der Waals surface area contributed by atoms with Gasteiger partial charge in [-0.1, -0.05) is 0 Å². The molecule has 0 spiro atoms. The van der Waals surface area contributed by atoms with Gasteiger partial charge in [-0.15, -0.1) is 0 Å². The van der Waals surface area contributed by atoms with Gasteiger partial charge < -0.3 is 0 Å². The van der Waals surface area contributed by atoms with Crippen LogP contribution in [0.4, 0.5) is 0 Å². The van der Waals surface area contributed by atoms with Crippen molar-refractivity contribution >= 4 is 33.6 Å². The van der Waals surface area contributed by atoms with Crippen LogP contribution < -0.4 is 10.9 Å². The van der Waals surface area contributed by atoms with Crippen LogP contribution in [-0.2, 0) is 14.8 Å². The van der Waals surface area contributed by atoms with E-state index < -0.39 is 15.9 Å². The minimum Gasteiger partial charge on any atom is -0.272 e. The van der Waals surface area contributed by atoms with E-state index in [1.165, 1.54) is 40.3 Å². The molecule has 0 saturated carbocycles. The van der Waals surface area contributed by atoms with E-state index in [9.17, 15) is 18.0 Å². The second-order valence-corrected chi connectivity index (χ2v) is 7.87. The van der Waals surface area contributed by atoms with Crippen LogP contribution in [0.1, 0.15) is 23.2 Å². The number of rotatable bonds is 5. The number of hydrogen-bond acceptors (Lipinski definition) is 5. The number of thioether (sulfide) groups is 1. The first-order valence-electron chi connectivity index (χ1n) is 7.13. The number of carbonyl (C=O) groups is 2. The molecule has 1 fully saturated rings. The highest BCUT2D eigenvalue weighted by Crippen LogP contribution is 2.20. The summed E-state index contributed by atoms with van der Waals surface area (Å²) < 4.78 is 26.2. The summed E-state index contributed by atoms with van der Waals surface area (Å²) in [6, 6.07) is 5.68. The smallest absolute Gasteiger partial charge is 0.269 e. The fourth-order valence-corrected chi connectivity index (χ4v) is 4.07. The molecule has 0 aliphatic carbocycles. The molecule has 1 saturated heterocycles. The second kappa shape index (κ2) is 7.80. The Morgan fingerprint density at radius 1 is 1.13 bits per heavy atom. The minimum absolute atomic E-state index is 0.169. The maximum atomic E-state index is 12.4. The van der Waals surface area contributed by atoms with Gasteiger partial charge in [0.2, 0.25) is 15.9 Å². The number of nitrogens with one attached hydrogen (secondary N) is 2. The zero-order valence-corrected chi connectivity index (χ0v) is 14.4. The zero-order chi connectivity index (χ0) is 16.9. The Morgan fingerprint density at radius 2 is 1.74 bits per heavy atom. The highest BCUT2D eigenvalue weighted by Gasteiger charge is 2.27. The van der Waals surface area contributed by atoms with Crippen molar-refractivity contribution in [1.29, 1.82) is 0 Å². The van der Waals surface area contributed by atoms with Crippen LogP contribution in [0.25, 0.3) is 0 Å². The van der Waals surface area contributed by atoms with Gasteiger partial charge in [0, 0.05) is 18.7 Å². The highest BCUT2D eigenvalue weighted by molar-refractivity contribution is 7.99. The third-order valence-electron chi connectivity index (χ3n) is 3.41. The number of hydrogen-bond donors (Lipinski definition) is 2. The van der Waals surface area contributed by atoms with Crippen molar-refractivity contribution in [1.82, 2.24) is 15.2 Å². The topological polar surface area (TPSA) is 95.6 Å². The van der Waals surface area contributed by atoms with Crippen LogP contribution >= 0.6 is 11.8 Å². The zero-order valence-electron chi connectivity index (χ0n) is 12.7. The largest absolute Gasteiger partial charge is 0.272 e. The molecule has 0 radical (unpaired) electrons. The summed E-state index contributed by atoms with van der Waals surface area (Å²) in [6.07, 6.45) is 3.52. The Bertz CT molecular complexity index is 668. The van der Waals surface area contributed by atoms with Crippen LogP contribution in [0.15, 0.2) is 29.2 Å². The SMILES string of the molecule is CSCC(=O)NNC(=O)c1ccc(S(=O)(=O)N2CCCC2)cc1. The molecule has 7 nitrogen and oxygen atoms in total. The first-order valence-corrected chi connectivity index (χ1v) is 9.97. The Hall–Kier alpha value is -1.58. The summed E-state index contributed by atoms with van der Waals surface area (Å²) in [4.78, 5) is 23.3. The minimum atomic E-state index is -3.49. The number of benzene rings is 1. The van der Waals surface area contributed by atoms with Crippen LogP contribution in [0.5, 0.6) is 0 Å². The normalized spacial score (nSPS) is 15.3. The first kappa shape index (κ1) is 17.8. The molecule has 0 bridgehead atoms. The lowest BCUT2D eigenvalue weighted by molar-refractivity contribution is -0.119.